The van der Waals surface area contributed by atoms with E-state index in [1.54, 1.807) is 12.4 Å². The Hall–Kier alpha value is -3.14. The summed E-state index contributed by atoms with van der Waals surface area (Å²) >= 11 is 0. The average Bonchev–Trinajstić information content (AvgIpc) is 2.68. The van der Waals surface area contributed by atoms with Gasteiger partial charge < -0.3 is 10.6 Å². The Morgan fingerprint density at radius 2 is 1.56 bits per heavy atom. The van der Waals surface area contributed by atoms with Crippen LogP contribution in [-0.2, 0) is 13.0 Å². The molecule has 0 saturated heterocycles. The highest BCUT2D eigenvalue weighted by Gasteiger charge is 2.06. The van der Waals surface area contributed by atoms with E-state index in [-0.39, 0.29) is 5.91 Å². The monoisotopic (exact) mass is 331 g/mol. The summed E-state index contributed by atoms with van der Waals surface area (Å²) in [5.74, 6) is -0.122. The first-order chi connectivity index (χ1) is 12.3. The zero-order chi connectivity index (χ0) is 17.3. The predicted molar refractivity (Wildman–Crippen MR) is 100 cm³/mol. The smallest absolute Gasteiger partial charge is 0.253 e. The Bertz CT molecular complexity index is 804. The van der Waals surface area contributed by atoms with E-state index in [2.05, 4.69) is 27.8 Å². The number of pyridine rings is 1. The molecular formula is C21H21N3O. The maximum Gasteiger partial charge on any atom is 0.253 e. The van der Waals surface area contributed by atoms with E-state index in [0.29, 0.717) is 12.1 Å². The van der Waals surface area contributed by atoms with Crippen molar-refractivity contribution in [1.82, 2.24) is 10.3 Å². The van der Waals surface area contributed by atoms with E-state index in [1.165, 1.54) is 5.56 Å². The maximum atomic E-state index is 12.3. The van der Waals surface area contributed by atoms with Crippen molar-refractivity contribution < 1.29 is 4.79 Å². The standard InChI is InChI=1S/C21H21N3O/c25-21(24-14-18-9-5-2-6-10-18)19-13-20(16-22-15-19)23-12-11-17-7-3-1-4-8-17/h1-10,13,15-16,23H,11-12,14H2,(H,24,25). The topological polar surface area (TPSA) is 54.0 Å². The van der Waals surface area contributed by atoms with Crippen LogP contribution in [0.5, 0.6) is 0 Å². The number of nitrogens with one attached hydrogen (secondary N) is 2. The largest absolute Gasteiger partial charge is 0.383 e. The van der Waals surface area contributed by atoms with Gasteiger partial charge in [0.1, 0.15) is 0 Å². The van der Waals surface area contributed by atoms with E-state index in [0.717, 1.165) is 24.2 Å². The molecule has 0 fully saturated rings. The zero-order valence-electron chi connectivity index (χ0n) is 14.0. The van der Waals surface area contributed by atoms with Gasteiger partial charge in [-0.2, -0.15) is 0 Å². The van der Waals surface area contributed by atoms with Crippen LogP contribution in [0, 0.1) is 0 Å². The number of carbonyl (C=O) groups is 1. The Morgan fingerprint density at radius 3 is 2.28 bits per heavy atom. The first-order valence-electron chi connectivity index (χ1n) is 8.36. The van der Waals surface area contributed by atoms with Crippen LogP contribution < -0.4 is 10.6 Å². The van der Waals surface area contributed by atoms with E-state index < -0.39 is 0 Å². The van der Waals surface area contributed by atoms with Gasteiger partial charge in [-0.1, -0.05) is 60.7 Å². The predicted octanol–water partition coefficient (Wildman–Crippen LogP) is 3.67. The lowest BCUT2D eigenvalue weighted by Gasteiger charge is -2.09. The van der Waals surface area contributed by atoms with E-state index in [4.69, 9.17) is 0 Å². The minimum Gasteiger partial charge on any atom is -0.383 e. The second kappa shape index (κ2) is 8.64. The van der Waals surface area contributed by atoms with Gasteiger partial charge >= 0.3 is 0 Å². The number of aromatic nitrogens is 1. The molecule has 2 N–H and O–H groups in total. The van der Waals surface area contributed by atoms with Crippen LogP contribution in [0.1, 0.15) is 21.5 Å². The number of anilines is 1. The van der Waals surface area contributed by atoms with E-state index in [1.807, 2.05) is 54.6 Å². The van der Waals surface area contributed by atoms with Crippen molar-refractivity contribution >= 4 is 11.6 Å². The summed E-state index contributed by atoms with van der Waals surface area (Å²) in [6.07, 6.45) is 4.24. The number of hydrogen-bond acceptors (Lipinski definition) is 3. The molecule has 126 valence electrons. The number of rotatable bonds is 7. The third-order valence-electron chi connectivity index (χ3n) is 3.88. The summed E-state index contributed by atoms with van der Waals surface area (Å²) < 4.78 is 0. The second-order valence-electron chi connectivity index (χ2n) is 5.79. The molecule has 3 rings (SSSR count). The molecular weight excluding hydrogens is 310 g/mol. The van der Waals surface area contributed by atoms with Crippen LogP contribution in [0.15, 0.2) is 79.1 Å². The van der Waals surface area contributed by atoms with Gasteiger partial charge in [-0.25, -0.2) is 0 Å². The van der Waals surface area contributed by atoms with Crippen LogP contribution in [0.2, 0.25) is 0 Å². The highest BCUT2D eigenvalue weighted by atomic mass is 16.1. The molecule has 0 unspecified atom stereocenters. The molecule has 25 heavy (non-hydrogen) atoms. The maximum absolute atomic E-state index is 12.3. The third kappa shape index (κ3) is 5.18. The zero-order valence-corrected chi connectivity index (χ0v) is 14.0. The van der Waals surface area contributed by atoms with Gasteiger partial charge in [0, 0.05) is 25.5 Å². The van der Waals surface area contributed by atoms with Gasteiger partial charge in [0.15, 0.2) is 0 Å². The van der Waals surface area contributed by atoms with Crippen molar-refractivity contribution in [3.63, 3.8) is 0 Å². The number of nitrogens with zero attached hydrogens (tertiary/aromatic N) is 1. The SMILES string of the molecule is O=C(NCc1ccccc1)c1cncc(NCCc2ccccc2)c1. The lowest BCUT2D eigenvalue weighted by molar-refractivity contribution is 0.0950. The summed E-state index contributed by atoms with van der Waals surface area (Å²) in [6, 6.07) is 22.0. The molecule has 0 spiro atoms. The molecule has 4 heteroatoms. The molecule has 0 aliphatic rings. The average molecular weight is 331 g/mol. The molecule has 0 radical (unpaired) electrons. The van der Waals surface area contributed by atoms with E-state index in [9.17, 15) is 4.79 Å². The van der Waals surface area contributed by atoms with Crippen LogP contribution >= 0.6 is 0 Å². The molecule has 1 aromatic heterocycles. The van der Waals surface area contributed by atoms with Crippen LogP contribution in [0.4, 0.5) is 5.69 Å². The molecule has 4 nitrogen and oxygen atoms in total. The van der Waals surface area contributed by atoms with Gasteiger partial charge in [0.05, 0.1) is 11.3 Å². The summed E-state index contributed by atoms with van der Waals surface area (Å²) in [7, 11) is 0. The minimum absolute atomic E-state index is 0.122. The molecule has 1 heterocycles. The first-order valence-corrected chi connectivity index (χ1v) is 8.36. The summed E-state index contributed by atoms with van der Waals surface area (Å²) in [5.41, 5.74) is 3.75. The number of benzene rings is 2. The number of carbonyl (C=O) groups excluding carboxylic acids is 1. The fourth-order valence-electron chi connectivity index (χ4n) is 2.54. The van der Waals surface area contributed by atoms with Crippen molar-refractivity contribution in [2.24, 2.45) is 0 Å². The van der Waals surface area contributed by atoms with E-state index >= 15 is 0 Å². The quantitative estimate of drug-likeness (QED) is 0.694. The minimum atomic E-state index is -0.122. The highest BCUT2D eigenvalue weighted by Crippen LogP contribution is 2.09. The molecule has 0 aliphatic heterocycles. The van der Waals surface area contributed by atoms with Gasteiger partial charge in [0.2, 0.25) is 0 Å². The molecule has 0 atom stereocenters. The molecule has 2 aromatic carbocycles. The van der Waals surface area contributed by atoms with Crippen LogP contribution in [0.25, 0.3) is 0 Å². The Balaban J connectivity index is 1.52. The van der Waals surface area contributed by atoms with Crippen molar-refractivity contribution in [2.45, 2.75) is 13.0 Å². The number of hydrogen-bond donors (Lipinski definition) is 2. The molecule has 1 amide bonds. The van der Waals surface area contributed by atoms with Crippen molar-refractivity contribution in [2.75, 3.05) is 11.9 Å². The second-order valence-corrected chi connectivity index (χ2v) is 5.79. The third-order valence-corrected chi connectivity index (χ3v) is 3.88. The fraction of sp³-hybridized carbons (Fsp3) is 0.143. The molecule has 3 aromatic rings. The Morgan fingerprint density at radius 1 is 0.880 bits per heavy atom. The molecule has 0 bridgehead atoms. The lowest BCUT2D eigenvalue weighted by Crippen LogP contribution is -2.23. The molecule has 0 aliphatic carbocycles. The summed E-state index contributed by atoms with van der Waals surface area (Å²) in [5, 5.41) is 6.24. The van der Waals surface area contributed by atoms with Crippen LogP contribution in [0.3, 0.4) is 0 Å². The fourth-order valence-corrected chi connectivity index (χ4v) is 2.54. The Kier molecular flexibility index (Phi) is 5.77. The lowest BCUT2D eigenvalue weighted by atomic mass is 10.1. The van der Waals surface area contributed by atoms with Crippen molar-refractivity contribution in [3.05, 3.63) is 95.8 Å². The van der Waals surface area contributed by atoms with Crippen molar-refractivity contribution in [3.8, 4) is 0 Å². The summed E-state index contributed by atoms with van der Waals surface area (Å²) in [6.45, 7) is 1.30. The number of amides is 1. The molecule has 0 saturated carbocycles. The first kappa shape index (κ1) is 16.7. The van der Waals surface area contributed by atoms with Gasteiger partial charge in [-0.3, -0.25) is 9.78 Å². The highest BCUT2D eigenvalue weighted by molar-refractivity contribution is 5.94. The van der Waals surface area contributed by atoms with Crippen LogP contribution in [-0.4, -0.2) is 17.4 Å². The van der Waals surface area contributed by atoms with Crippen molar-refractivity contribution in [1.29, 1.82) is 0 Å². The normalized spacial score (nSPS) is 10.2. The summed E-state index contributed by atoms with van der Waals surface area (Å²) in [4.78, 5) is 16.4. The van der Waals surface area contributed by atoms with Gasteiger partial charge in [-0.15, -0.1) is 0 Å². The van der Waals surface area contributed by atoms with Gasteiger partial charge in [-0.05, 0) is 23.6 Å². The van der Waals surface area contributed by atoms with Gasteiger partial charge in [0.25, 0.3) is 5.91 Å². The Labute approximate surface area is 147 Å².